The average Bonchev–Trinajstić information content (AvgIpc) is 2.63. The molecule has 26 heavy (non-hydrogen) atoms. The smallest absolute Gasteiger partial charge is 0.138 e. The van der Waals surface area contributed by atoms with Gasteiger partial charge in [0.15, 0.2) is 0 Å². The zero-order valence-corrected chi connectivity index (χ0v) is 17.1. The fourth-order valence-corrected chi connectivity index (χ4v) is 2.66. The fraction of sp³-hybridized carbons (Fsp3) is 0.350. The van der Waals surface area contributed by atoms with Gasteiger partial charge in [0.25, 0.3) is 0 Å². The molecule has 2 aromatic carbocycles. The second kappa shape index (κ2) is 13.3. The van der Waals surface area contributed by atoms with E-state index in [-0.39, 0.29) is 23.6 Å². The van der Waals surface area contributed by atoms with Gasteiger partial charge in [-0.15, -0.1) is 17.0 Å². The van der Waals surface area contributed by atoms with Gasteiger partial charge in [-0.25, -0.2) is 0 Å². The van der Waals surface area contributed by atoms with Gasteiger partial charge in [-0.2, -0.15) is 0 Å². The summed E-state index contributed by atoms with van der Waals surface area (Å²) in [4.78, 5) is 9.95. The molecular formula is C20H29BrN2O3. The molecule has 0 heterocycles. The van der Waals surface area contributed by atoms with Crippen molar-refractivity contribution in [3.63, 3.8) is 0 Å². The SMILES string of the molecule is Br.CC[N+](CC)(CCO)Cc1ccccc1.O=C([O-])Nc1ccccc1. The summed E-state index contributed by atoms with van der Waals surface area (Å²) >= 11 is 0. The van der Waals surface area contributed by atoms with Crippen LogP contribution in [0.1, 0.15) is 19.4 Å². The van der Waals surface area contributed by atoms with Gasteiger partial charge in [0.1, 0.15) is 19.2 Å². The summed E-state index contributed by atoms with van der Waals surface area (Å²) < 4.78 is 0.973. The number of carbonyl (C=O) groups excluding carboxylic acids is 1. The third-order valence-corrected chi connectivity index (χ3v) is 4.30. The predicted molar refractivity (Wildman–Crippen MR) is 109 cm³/mol. The van der Waals surface area contributed by atoms with Gasteiger partial charge in [0.2, 0.25) is 0 Å². The number of para-hydroxylation sites is 1. The quantitative estimate of drug-likeness (QED) is 0.670. The number of aliphatic hydroxyl groups excluding tert-OH is 1. The van der Waals surface area contributed by atoms with Crippen molar-refractivity contribution in [1.82, 2.24) is 0 Å². The van der Waals surface area contributed by atoms with E-state index < -0.39 is 6.09 Å². The number of rotatable bonds is 7. The molecule has 0 aromatic heterocycles. The number of likely N-dealkylation sites (N-methyl/N-ethyl adjacent to an activating group) is 1. The van der Waals surface area contributed by atoms with E-state index in [0.717, 1.165) is 30.7 Å². The Morgan fingerprint density at radius 2 is 1.50 bits per heavy atom. The van der Waals surface area contributed by atoms with Crippen molar-refractivity contribution < 1.29 is 19.5 Å². The number of amides is 1. The third-order valence-electron chi connectivity index (χ3n) is 4.30. The number of nitrogens with zero attached hydrogens (tertiary/aromatic N) is 1. The largest absolute Gasteiger partial charge is 0.530 e. The van der Waals surface area contributed by atoms with Gasteiger partial charge in [0, 0.05) is 11.3 Å². The minimum atomic E-state index is -1.29. The number of anilines is 1. The minimum absolute atomic E-state index is 0. The highest BCUT2D eigenvalue weighted by atomic mass is 79.9. The molecule has 0 aliphatic carbocycles. The first-order chi connectivity index (χ1) is 12.0. The first-order valence-electron chi connectivity index (χ1n) is 8.58. The standard InChI is InChI=1S/C13H22NO.C7H7NO2.BrH/c1-3-14(4-2,10-11-15)12-13-8-6-5-7-9-13;9-7(10)8-6-4-2-1-3-5-6;/h5-9,15H,3-4,10-12H2,1-2H3;1-5,8H,(H,9,10);1H/q+1;;/p-1. The van der Waals surface area contributed by atoms with Crippen molar-refractivity contribution in [2.24, 2.45) is 0 Å². The fourth-order valence-electron chi connectivity index (χ4n) is 2.66. The molecule has 0 spiro atoms. The lowest BCUT2D eigenvalue weighted by molar-refractivity contribution is -0.938. The molecule has 2 N–H and O–H groups in total. The van der Waals surface area contributed by atoms with E-state index in [1.807, 2.05) is 6.07 Å². The summed E-state index contributed by atoms with van der Waals surface area (Å²) in [7, 11) is 0. The van der Waals surface area contributed by atoms with E-state index in [9.17, 15) is 9.90 Å². The summed E-state index contributed by atoms with van der Waals surface area (Å²) in [5, 5.41) is 21.2. The second-order valence-corrected chi connectivity index (χ2v) is 5.84. The van der Waals surface area contributed by atoms with E-state index in [4.69, 9.17) is 5.11 Å². The Hall–Kier alpha value is -1.89. The van der Waals surface area contributed by atoms with E-state index in [1.165, 1.54) is 5.56 Å². The Bertz CT molecular complexity index is 605. The minimum Gasteiger partial charge on any atom is -0.530 e. The van der Waals surface area contributed by atoms with Crippen molar-refractivity contribution in [1.29, 1.82) is 0 Å². The van der Waals surface area contributed by atoms with Gasteiger partial charge < -0.3 is 24.8 Å². The van der Waals surface area contributed by atoms with Crippen LogP contribution in [-0.2, 0) is 6.54 Å². The number of benzene rings is 2. The molecule has 0 aliphatic rings. The van der Waals surface area contributed by atoms with Crippen molar-refractivity contribution in [3.8, 4) is 0 Å². The number of carbonyl (C=O) groups is 1. The lowest BCUT2D eigenvalue weighted by Crippen LogP contribution is -2.48. The Kier molecular flexibility index (Phi) is 12.4. The molecule has 2 aromatic rings. The topological polar surface area (TPSA) is 72.4 Å². The van der Waals surface area contributed by atoms with Gasteiger partial charge in [-0.3, -0.25) is 0 Å². The molecule has 0 radical (unpaired) electrons. The van der Waals surface area contributed by atoms with Crippen molar-refractivity contribution >= 4 is 28.8 Å². The average molecular weight is 425 g/mol. The van der Waals surface area contributed by atoms with E-state index in [2.05, 4.69) is 43.4 Å². The number of carboxylic acid groups (broad SMARTS) is 1. The highest BCUT2D eigenvalue weighted by Gasteiger charge is 2.22. The lowest BCUT2D eigenvalue weighted by Gasteiger charge is -2.36. The van der Waals surface area contributed by atoms with E-state index in [0.29, 0.717) is 5.69 Å². The van der Waals surface area contributed by atoms with Crippen molar-refractivity contribution in [2.45, 2.75) is 20.4 Å². The molecule has 144 valence electrons. The number of aliphatic hydroxyl groups is 1. The number of quaternary nitrogens is 1. The van der Waals surface area contributed by atoms with Crippen LogP contribution in [0, 0.1) is 0 Å². The second-order valence-electron chi connectivity index (χ2n) is 5.84. The molecule has 0 unspecified atom stereocenters. The maximum absolute atomic E-state index is 9.95. The normalized spacial score (nSPS) is 10.1. The summed E-state index contributed by atoms with van der Waals surface area (Å²) in [5.74, 6) is 0. The summed E-state index contributed by atoms with van der Waals surface area (Å²) in [6, 6.07) is 19.1. The molecule has 0 aliphatic heterocycles. The Morgan fingerprint density at radius 3 is 1.92 bits per heavy atom. The highest BCUT2D eigenvalue weighted by molar-refractivity contribution is 8.93. The number of hydrogen-bond acceptors (Lipinski definition) is 3. The number of halogens is 1. The van der Waals surface area contributed by atoms with E-state index >= 15 is 0 Å². The lowest BCUT2D eigenvalue weighted by atomic mass is 10.2. The number of nitrogens with one attached hydrogen (secondary N) is 1. The molecule has 0 atom stereocenters. The molecule has 0 saturated carbocycles. The molecule has 0 fully saturated rings. The Morgan fingerprint density at radius 1 is 1.00 bits per heavy atom. The van der Waals surface area contributed by atoms with Gasteiger partial charge >= 0.3 is 0 Å². The van der Waals surface area contributed by atoms with Crippen LogP contribution in [0.5, 0.6) is 0 Å². The first-order valence-corrected chi connectivity index (χ1v) is 8.58. The summed E-state index contributed by atoms with van der Waals surface area (Å²) in [6.45, 7) is 8.69. The maximum atomic E-state index is 9.95. The van der Waals surface area contributed by atoms with Crippen LogP contribution in [0.15, 0.2) is 60.7 Å². The van der Waals surface area contributed by atoms with E-state index in [1.54, 1.807) is 30.3 Å². The maximum Gasteiger partial charge on any atom is 0.138 e. The monoisotopic (exact) mass is 424 g/mol. The summed E-state index contributed by atoms with van der Waals surface area (Å²) in [5.41, 5.74) is 1.89. The summed E-state index contributed by atoms with van der Waals surface area (Å²) in [6.07, 6.45) is -1.29. The molecule has 1 amide bonds. The zero-order chi connectivity index (χ0) is 18.5. The van der Waals surface area contributed by atoms with Crippen molar-refractivity contribution in [3.05, 3.63) is 66.2 Å². The predicted octanol–water partition coefficient (Wildman–Crippen LogP) is 3.06. The van der Waals surface area contributed by atoms with Gasteiger partial charge in [-0.05, 0) is 26.0 Å². The molecular weight excluding hydrogens is 396 g/mol. The van der Waals surface area contributed by atoms with Crippen LogP contribution >= 0.6 is 17.0 Å². The van der Waals surface area contributed by atoms with Crippen LogP contribution in [0.2, 0.25) is 0 Å². The van der Waals surface area contributed by atoms with Crippen LogP contribution in [0.25, 0.3) is 0 Å². The molecule has 0 bridgehead atoms. The van der Waals surface area contributed by atoms with Crippen LogP contribution < -0.4 is 10.4 Å². The third kappa shape index (κ3) is 8.99. The molecule has 2 rings (SSSR count). The first kappa shape index (κ1) is 24.1. The van der Waals surface area contributed by atoms with Gasteiger partial charge in [-0.1, -0.05) is 48.5 Å². The molecule has 5 nitrogen and oxygen atoms in total. The highest BCUT2D eigenvalue weighted by Crippen LogP contribution is 2.13. The van der Waals surface area contributed by atoms with Crippen molar-refractivity contribution in [2.75, 3.05) is 31.6 Å². The zero-order valence-electron chi connectivity index (χ0n) is 15.4. The van der Waals surface area contributed by atoms with Crippen LogP contribution in [0.4, 0.5) is 10.5 Å². The Labute approximate surface area is 166 Å². The van der Waals surface area contributed by atoms with Gasteiger partial charge in [0.05, 0.1) is 19.7 Å². The van der Waals surface area contributed by atoms with Crippen LogP contribution in [0.3, 0.4) is 0 Å². The number of hydrogen-bond donors (Lipinski definition) is 2. The molecule has 0 saturated heterocycles. The molecule has 6 heteroatoms. The Balaban J connectivity index is 0.000000497. The van der Waals surface area contributed by atoms with Crippen LogP contribution in [-0.4, -0.2) is 41.9 Å².